The first-order chi connectivity index (χ1) is 9.28. The van der Waals surface area contributed by atoms with Crippen LogP contribution in [0, 0.1) is 0 Å². The van der Waals surface area contributed by atoms with Gasteiger partial charge >= 0.3 is 6.01 Å². The van der Waals surface area contributed by atoms with Gasteiger partial charge in [0.05, 0.1) is 29.0 Å². The van der Waals surface area contributed by atoms with E-state index in [-0.39, 0.29) is 6.01 Å². The van der Waals surface area contributed by atoms with Crippen molar-refractivity contribution in [2.24, 2.45) is 0 Å². The zero-order chi connectivity index (χ0) is 13.2. The summed E-state index contributed by atoms with van der Waals surface area (Å²) in [6, 6.07) is 3.83. The molecule has 3 rings (SSSR count). The van der Waals surface area contributed by atoms with Gasteiger partial charge in [0.15, 0.2) is 0 Å². The second-order valence-corrected chi connectivity index (χ2v) is 4.65. The molecule has 2 heterocycles. The molecule has 98 valence electrons. The van der Waals surface area contributed by atoms with Crippen LogP contribution < -0.4 is 10.6 Å². The number of fused-ring (bicyclic) bond motifs is 1. The smallest absolute Gasteiger partial charge is 0.320 e. The summed E-state index contributed by atoms with van der Waals surface area (Å²) in [6.45, 7) is 0.505. The van der Waals surface area contributed by atoms with Gasteiger partial charge in [0.2, 0.25) is 5.89 Å². The summed E-state index contributed by atoms with van der Waals surface area (Å²) in [5.41, 5.74) is 2.07. The Morgan fingerprint density at radius 3 is 3.05 bits per heavy atom. The zero-order valence-electron chi connectivity index (χ0n) is 9.85. The van der Waals surface area contributed by atoms with Crippen molar-refractivity contribution in [1.29, 1.82) is 0 Å². The van der Waals surface area contributed by atoms with Gasteiger partial charge in [0, 0.05) is 0 Å². The number of halogens is 1. The lowest BCUT2D eigenvalue weighted by molar-refractivity contribution is 0.493. The number of aromatic nitrogens is 4. The summed E-state index contributed by atoms with van der Waals surface area (Å²) in [5, 5.41) is 14.2. The van der Waals surface area contributed by atoms with Crippen molar-refractivity contribution in [2.45, 2.75) is 6.54 Å². The number of rotatable bonds is 4. The third-order valence-electron chi connectivity index (χ3n) is 2.40. The highest BCUT2D eigenvalue weighted by atomic mass is 35.5. The van der Waals surface area contributed by atoms with Crippen molar-refractivity contribution >= 4 is 46.1 Å². The van der Waals surface area contributed by atoms with Crippen LogP contribution in [0.5, 0.6) is 0 Å². The van der Waals surface area contributed by atoms with Gasteiger partial charge in [-0.05, 0) is 19.2 Å². The molecule has 0 aliphatic rings. The van der Waals surface area contributed by atoms with E-state index in [9.17, 15) is 0 Å². The second kappa shape index (κ2) is 5.08. The van der Waals surface area contributed by atoms with E-state index in [1.807, 2.05) is 6.07 Å². The standard InChI is InChI=1S/C10H9ClN6OS/c1-12-4-7-14-15-10(18-7)13-8-5(11)2-3-6-9(8)17-19-16-6/h2-3,12H,4H2,1H3,(H,13,15). The summed E-state index contributed by atoms with van der Waals surface area (Å²) in [7, 11) is 1.80. The van der Waals surface area contributed by atoms with Crippen molar-refractivity contribution in [3.05, 3.63) is 23.0 Å². The van der Waals surface area contributed by atoms with Crippen molar-refractivity contribution in [3.63, 3.8) is 0 Å². The SMILES string of the molecule is CNCc1nnc(Nc2c(Cl)ccc3nsnc23)o1. The normalized spacial score (nSPS) is 11.1. The molecule has 0 spiro atoms. The number of nitrogens with one attached hydrogen (secondary N) is 2. The minimum Gasteiger partial charge on any atom is -0.406 e. The van der Waals surface area contributed by atoms with E-state index < -0.39 is 0 Å². The fraction of sp³-hybridized carbons (Fsp3) is 0.200. The van der Waals surface area contributed by atoms with Gasteiger partial charge in [-0.2, -0.15) is 8.75 Å². The molecular formula is C10H9ClN6OS. The van der Waals surface area contributed by atoms with E-state index >= 15 is 0 Å². The maximum absolute atomic E-state index is 6.15. The molecule has 3 aromatic rings. The average molecular weight is 297 g/mol. The van der Waals surface area contributed by atoms with Crippen LogP contribution in [0.2, 0.25) is 5.02 Å². The number of benzene rings is 1. The number of anilines is 2. The maximum atomic E-state index is 6.15. The van der Waals surface area contributed by atoms with E-state index in [1.165, 1.54) is 0 Å². The van der Waals surface area contributed by atoms with E-state index in [4.69, 9.17) is 16.0 Å². The molecule has 2 aromatic heterocycles. The van der Waals surface area contributed by atoms with Gasteiger partial charge in [-0.1, -0.05) is 16.7 Å². The number of hydrogen-bond donors (Lipinski definition) is 2. The first kappa shape index (κ1) is 12.3. The van der Waals surface area contributed by atoms with Crippen LogP contribution in [0.25, 0.3) is 11.0 Å². The molecule has 2 N–H and O–H groups in total. The van der Waals surface area contributed by atoms with E-state index in [2.05, 4.69) is 29.6 Å². The Morgan fingerprint density at radius 2 is 2.21 bits per heavy atom. The maximum Gasteiger partial charge on any atom is 0.320 e. The van der Waals surface area contributed by atoms with Crippen molar-refractivity contribution in [3.8, 4) is 0 Å². The van der Waals surface area contributed by atoms with Crippen LogP contribution in [0.3, 0.4) is 0 Å². The largest absolute Gasteiger partial charge is 0.406 e. The van der Waals surface area contributed by atoms with Crippen LogP contribution in [-0.2, 0) is 6.54 Å². The predicted octanol–water partition coefficient (Wildman–Crippen LogP) is 2.19. The molecule has 0 saturated carbocycles. The van der Waals surface area contributed by atoms with Gasteiger partial charge in [0.25, 0.3) is 0 Å². The first-order valence-corrected chi connectivity index (χ1v) is 6.53. The Bertz CT molecular complexity index is 711. The number of hydrogen-bond acceptors (Lipinski definition) is 8. The Morgan fingerprint density at radius 1 is 1.32 bits per heavy atom. The predicted molar refractivity (Wildman–Crippen MR) is 72.8 cm³/mol. The summed E-state index contributed by atoms with van der Waals surface area (Å²) in [6.07, 6.45) is 0. The third-order valence-corrected chi connectivity index (χ3v) is 3.26. The lowest BCUT2D eigenvalue weighted by atomic mass is 10.2. The molecule has 0 bridgehead atoms. The van der Waals surface area contributed by atoms with Gasteiger partial charge < -0.3 is 15.1 Å². The Balaban J connectivity index is 1.95. The fourth-order valence-electron chi connectivity index (χ4n) is 1.58. The van der Waals surface area contributed by atoms with Crippen LogP contribution in [0.15, 0.2) is 16.5 Å². The molecular weight excluding hydrogens is 288 g/mol. The Kier molecular flexibility index (Phi) is 3.28. The summed E-state index contributed by atoms with van der Waals surface area (Å²) >= 11 is 7.27. The number of nitrogens with zero attached hydrogens (tertiary/aromatic N) is 4. The van der Waals surface area contributed by atoms with Gasteiger partial charge in [-0.15, -0.1) is 5.10 Å². The van der Waals surface area contributed by atoms with E-state index in [0.717, 1.165) is 17.2 Å². The molecule has 0 unspecified atom stereocenters. The monoisotopic (exact) mass is 296 g/mol. The molecule has 0 fully saturated rings. The molecule has 0 saturated heterocycles. The molecule has 19 heavy (non-hydrogen) atoms. The van der Waals surface area contributed by atoms with E-state index in [1.54, 1.807) is 13.1 Å². The van der Waals surface area contributed by atoms with Crippen molar-refractivity contribution in [1.82, 2.24) is 24.3 Å². The highest BCUT2D eigenvalue weighted by molar-refractivity contribution is 7.00. The molecule has 0 aliphatic heterocycles. The van der Waals surface area contributed by atoms with Gasteiger partial charge in [0.1, 0.15) is 11.0 Å². The molecule has 0 aliphatic carbocycles. The van der Waals surface area contributed by atoms with Crippen LogP contribution >= 0.6 is 23.3 Å². The van der Waals surface area contributed by atoms with Crippen LogP contribution in [0.1, 0.15) is 5.89 Å². The second-order valence-electron chi connectivity index (χ2n) is 3.71. The first-order valence-electron chi connectivity index (χ1n) is 5.42. The van der Waals surface area contributed by atoms with Crippen molar-refractivity contribution < 1.29 is 4.42 Å². The molecule has 0 amide bonds. The zero-order valence-corrected chi connectivity index (χ0v) is 11.4. The molecule has 7 nitrogen and oxygen atoms in total. The van der Waals surface area contributed by atoms with Crippen LogP contribution in [-0.4, -0.2) is 26.0 Å². The molecule has 9 heteroatoms. The van der Waals surface area contributed by atoms with Crippen LogP contribution in [0.4, 0.5) is 11.7 Å². The molecule has 0 radical (unpaired) electrons. The minimum absolute atomic E-state index is 0.271. The van der Waals surface area contributed by atoms with E-state index in [0.29, 0.717) is 28.7 Å². The lowest BCUT2D eigenvalue weighted by Gasteiger charge is -2.03. The summed E-state index contributed by atoms with van der Waals surface area (Å²) in [4.78, 5) is 0. The quantitative estimate of drug-likeness (QED) is 0.763. The minimum atomic E-state index is 0.271. The summed E-state index contributed by atoms with van der Waals surface area (Å²) < 4.78 is 13.8. The third kappa shape index (κ3) is 2.37. The molecule has 0 atom stereocenters. The highest BCUT2D eigenvalue weighted by Gasteiger charge is 2.13. The summed E-state index contributed by atoms with van der Waals surface area (Å²) in [5.74, 6) is 0.490. The highest BCUT2D eigenvalue weighted by Crippen LogP contribution is 2.31. The van der Waals surface area contributed by atoms with Crippen molar-refractivity contribution in [2.75, 3.05) is 12.4 Å². The van der Waals surface area contributed by atoms with Gasteiger partial charge in [-0.3, -0.25) is 0 Å². The lowest BCUT2D eigenvalue weighted by Crippen LogP contribution is -2.04. The Hall–Kier alpha value is -1.77. The Labute approximate surface area is 117 Å². The molecule has 1 aromatic carbocycles. The average Bonchev–Trinajstić information content (AvgIpc) is 3.02. The van der Waals surface area contributed by atoms with Gasteiger partial charge in [-0.25, -0.2) is 0 Å². The topological polar surface area (TPSA) is 88.8 Å². The fourth-order valence-corrected chi connectivity index (χ4v) is 2.32.